The fraction of sp³-hybridized carbons (Fsp3) is 0.571. The third kappa shape index (κ3) is 4.23. The molecule has 0 aliphatic rings. The minimum atomic E-state index is -4.45. The molecule has 0 amide bonds. The number of benzene rings is 1. The van der Waals surface area contributed by atoms with Gasteiger partial charge in [-0.1, -0.05) is 26.2 Å². The van der Waals surface area contributed by atoms with Gasteiger partial charge >= 0.3 is 6.18 Å². The van der Waals surface area contributed by atoms with E-state index < -0.39 is 26.8 Å². The normalized spacial score (nSPS) is 14.2. The zero-order valence-electron chi connectivity index (χ0n) is 11.6. The molecule has 0 saturated carbocycles. The van der Waals surface area contributed by atoms with E-state index in [1.807, 2.05) is 6.92 Å². The molecule has 0 fully saturated rings. The van der Waals surface area contributed by atoms with Crippen molar-refractivity contribution in [2.75, 3.05) is 0 Å². The summed E-state index contributed by atoms with van der Waals surface area (Å²) < 4.78 is 61.7. The van der Waals surface area contributed by atoms with E-state index in [4.69, 9.17) is 0 Å². The van der Waals surface area contributed by atoms with Crippen LogP contribution in [-0.4, -0.2) is 13.7 Å². The van der Waals surface area contributed by atoms with E-state index in [1.54, 1.807) is 6.92 Å². The highest BCUT2D eigenvalue weighted by atomic mass is 32.2. The average molecular weight is 308 g/mol. The first-order valence-electron chi connectivity index (χ1n) is 6.60. The minimum Gasteiger partial charge on any atom is -0.223 e. The second-order valence-corrected chi connectivity index (χ2v) is 7.24. The molecule has 1 rings (SSSR count). The summed E-state index contributed by atoms with van der Waals surface area (Å²) in [6.07, 6.45) is -1.18. The van der Waals surface area contributed by atoms with E-state index >= 15 is 0 Å². The molecular weight excluding hydrogens is 289 g/mol. The van der Waals surface area contributed by atoms with Gasteiger partial charge in [0, 0.05) is 0 Å². The molecule has 1 unspecified atom stereocenters. The maximum Gasteiger partial charge on any atom is 0.416 e. The Bertz CT molecular complexity index is 518. The van der Waals surface area contributed by atoms with Gasteiger partial charge in [-0.2, -0.15) is 13.2 Å². The van der Waals surface area contributed by atoms with Crippen LogP contribution in [0.25, 0.3) is 0 Å². The van der Waals surface area contributed by atoms with Crippen LogP contribution in [0.1, 0.15) is 45.1 Å². The molecule has 0 bridgehead atoms. The zero-order chi connectivity index (χ0) is 15.4. The van der Waals surface area contributed by atoms with Gasteiger partial charge in [-0.15, -0.1) is 0 Å². The van der Waals surface area contributed by atoms with Crippen LogP contribution in [0.4, 0.5) is 13.2 Å². The Hall–Kier alpha value is -1.04. The molecule has 0 heterocycles. The number of halogens is 3. The predicted octanol–water partition coefficient (Wildman–Crippen LogP) is 4.45. The molecule has 0 N–H and O–H groups in total. The lowest BCUT2D eigenvalue weighted by molar-refractivity contribution is -0.137. The van der Waals surface area contributed by atoms with Crippen molar-refractivity contribution in [2.24, 2.45) is 0 Å². The van der Waals surface area contributed by atoms with E-state index in [0.717, 1.165) is 43.5 Å². The molecule has 2 nitrogen and oxygen atoms in total. The lowest BCUT2D eigenvalue weighted by Crippen LogP contribution is -2.18. The molecule has 1 aromatic rings. The molecule has 1 atom stereocenters. The van der Waals surface area contributed by atoms with Crippen LogP contribution in [0.15, 0.2) is 29.2 Å². The monoisotopic (exact) mass is 308 g/mol. The number of rotatable bonds is 6. The van der Waals surface area contributed by atoms with Crippen molar-refractivity contribution in [1.82, 2.24) is 0 Å². The van der Waals surface area contributed by atoms with Crippen molar-refractivity contribution in [1.29, 1.82) is 0 Å². The number of alkyl halides is 3. The average Bonchev–Trinajstić information content (AvgIpc) is 2.38. The third-order valence-electron chi connectivity index (χ3n) is 3.25. The molecule has 0 aromatic heterocycles. The van der Waals surface area contributed by atoms with Gasteiger partial charge in [0.2, 0.25) is 0 Å². The van der Waals surface area contributed by atoms with Gasteiger partial charge in [-0.05, 0) is 37.6 Å². The molecule has 114 valence electrons. The summed E-state index contributed by atoms with van der Waals surface area (Å²) in [6.45, 7) is 3.62. The summed E-state index contributed by atoms with van der Waals surface area (Å²) >= 11 is 0. The highest BCUT2D eigenvalue weighted by Gasteiger charge is 2.31. The van der Waals surface area contributed by atoms with Crippen LogP contribution >= 0.6 is 0 Å². The summed E-state index contributed by atoms with van der Waals surface area (Å²) in [5.41, 5.74) is -0.838. The quantitative estimate of drug-likeness (QED) is 0.728. The first-order chi connectivity index (χ1) is 9.19. The fourth-order valence-corrected chi connectivity index (χ4v) is 3.36. The van der Waals surface area contributed by atoms with Gasteiger partial charge in [0.05, 0.1) is 15.7 Å². The summed E-state index contributed by atoms with van der Waals surface area (Å²) in [4.78, 5) is -0.0468. The number of hydrogen-bond donors (Lipinski definition) is 0. The highest BCUT2D eigenvalue weighted by Crippen LogP contribution is 2.30. The molecule has 6 heteroatoms. The Morgan fingerprint density at radius 3 is 2.10 bits per heavy atom. The van der Waals surface area contributed by atoms with Crippen molar-refractivity contribution in [3.63, 3.8) is 0 Å². The molecular formula is C14H19F3O2S. The van der Waals surface area contributed by atoms with Gasteiger partial charge in [-0.25, -0.2) is 8.42 Å². The van der Waals surface area contributed by atoms with Crippen LogP contribution in [0.5, 0.6) is 0 Å². The third-order valence-corrected chi connectivity index (χ3v) is 5.48. The Balaban J connectivity index is 2.87. The van der Waals surface area contributed by atoms with Gasteiger partial charge in [-0.3, -0.25) is 0 Å². The van der Waals surface area contributed by atoms with Crippen LogP contribution in [0.3, 0.4) is 0 Å². The second-order valence-electron chi connectivity index (χ2n) is 4.87. The smallest absolute Gasteiger partial charge is 0.223 e. The Kier molecular flexibility index (Phi) is 5.62. The second kappa shape index (κ2) is 6.61. The molecule has 0 radical (unpaired) electrons. The lowest BCUT2D eigenvalue weighted by atomic mass is 10.2. The molecule has 20 heavy (non-hydrogen) atoms. The number of unbranched alkanes of at least 4 members (excludes halogenated alkanes) is 2. The van der Waals surface area contributed by atoms with E-state index in [0.29, 0.717) is 6.42 Å². The van der Waals surface area contributed by atoms with Gasteiger partial charge in [0.25, 0.3) is 0 Å². The maximum atomic E-state index is 12.4. The fourth-order valence-electron chi connectivity index (χ4n) is 1.90. The first kappa shape index (κ1) is 17.0. The maximum absolute atomic E-state index is 12.4. The van der Waals surface area contributed by atoms with E-state index in [-0.39, 0.29) is 4.90 Å². The molecule has 0 saturated heterocycles. The molecule has 0 spiro atoms. The molecule has 1 aromatic carbocycles. The van der Waals surface area contributed by atoms with Crippen LogP contribution in [-0.2, 0) is 16.0 Å². The van der Waals surface area contributed by atoms with Crippen molar-refractivity contribution in [2.45, 2.75) is 55.9 Å². The highest BCUT2D eigenvalue weighted by molar-refractivity contribution is 7.92. The van der Waals surface area contributed by atoms with E-state index in [2.05, 4.69) is 0 Å². The van der Waals surface area contributed by atoms with Crippen molar-refractivity contribution >= 4 is 9.84 Å². The minimum absolute atomic E-state index is 0.0468. The SMILES string of the molecule is CCCCCC(C)S(=O)(=O)c1ccc(C(F)(F)F)cc1. The summed E-state index contributed by atoms with van der Waals surface area (Å²) in [5, 5.41) is -0.578. The number of sulfone groups is 1. The summed E-state index contributed by atoms with van der Waals surface area (Å²) in [5.74, 6) is 0. The Morgan fingerprint density at radius 1 is 1.10 bits per heavy atom. The summed E-state index contributed by atoms with van der Waals surface area (Å²) in [6, 6.07) is 3.69. The Morgan fingerprint density at radius 2 is 1.65 bits per heavy atom. The van der Waals surface area contributed by atoms with Gasteiger partial charge in [0.1, 0.15) is 0 Å². The van der Waals surface area contributed by atoms with Crippen molar-refractivity contribution in [3.05, 3.63) is 29.8 Å². The molecule has 0 aliphatic carbocycles. The Labute approximate surface area is 117 Å². The topological polar surface area (TPSA) is 34.1 Å². The predicted molar refractivity (Wildman–Crippen MR) is 72.2 cm³/mol. The first-order valence-corrected chi connectivity index (χ1v) is 8.15. The van der Waals surface area contributed by atoms with Crippen LogP contribution < -0.4 is 0 Å². The summed E-state index contributed by atoms with van der Waals surface area (Å²) in [7, 11) is -3.55. The number of hydrogen-bond acceptors (Lipinski definition) is 2. The van der Waals surface area contributed by atoms with Crippen LogP contribution in [0.2, 0.25) is 0 Å². The van der Waals surface area contributed by atoms with Crippen molar-refractivity contribution < 1.29 is 21.6 Å². The van der Waals surface area contributed by atoms with Crippen LogP contribution in [0, 0.1) is 0 Å². The van der Waals surface area contributed by atoms with E-state index in [1.165, 1.54) is 0 Å². The lowest BCUT2D eigenvalue weighted by Gasteiger charge is -2.13. The van der Waals surface area contributed by atoms with Gasteiger partial charge < -0.3 is 0 Å². The standard InChI is InChI=1S/C14H19F3O2S/c1-3-4-5-6-11(2)20(18,19)13-9-7-12(8-10-13)14(15,16)17/h7-11H,3-6H2,1-2H3. The van der Waals surface area contributed by atoms with Gasteiger partial charge in [0.15, 0.2) is 9.84 Å². The van der Waals surface area contributed by atoms with Crippen molar-refractivity contribution in [3.8, 4) is 0 Å². The molecule has 0 aliphatic heterocycles. The zero-order valence-corrected chi connectivity index (χ0v) is 12.4. The largest absolute Gasteiger partial charge is 0.416 e. The van der Waals surface area contributed by atoms with E-state index in [9.17, 15) is 21.6 Å².